The van der Waals surface area contributed by atoms with E-state index in [4.69, 9.17) is 10.5 Å². The molecule has 1 aromatic heterocycles. The van der Waals surface area contributed by atoms with Gasteiger partial charge in [0.2, 0.25) is 0 Å². The van der Waals surface area contributed by atoms with Crippen molar-refractivity contribution >= 4 is 16.6 Å². The molecule has 0 fully saturated rings. The molecule has 1 heterocycles. The van der Waals surface area contributed by atoms with Crippen LogP contribution in [0.4, 0.5) is 5.69 Å². The molecule has 4 heteroatoms. The monoisotopic (exact) mass is 268 g/mol. The number of phenolic OH excluding ortho intramolecular Hbond substituents is 1. The summed E-state index contributed by atoms with van der Waals surface area (Å²) in [4.78, 5) is 0. The topological polar surface area (TPSA) is 60.4 Å². The van der Waals surface area contributed by atoms with Crippen molar-refractivity contribution in [2.24, 2.45) is 7.05 Å². The van der Waals surface area contributed by atoms with Crippen LogP contribution in [0.25, 0.3) is 10.9 Å². The summed E-state index contributed by atoms with van der Waals surface area (Å²) in [5, 5.41) is 10.3. The SMILES string of the molecule is Cn1c(COc2ccc(O)cc2)cc2cccc(N)c21. The van der Waals surface area contributed by atoms with E-state index in [2.05, 4.69) is 6.07 Å². The number of aryl methyl sites for hydroxylation is 1. The highest BCUT2D eigenvalue weighted by Gasteiger charge is 2.08. The number of phenols is 1. The molecule has 0 saturated carbocycles. The molecule has 3 aromatic rings. The molecule has 0 bridgehead atoms. The highest BCUT2D eigenvalue weighted by Crippen LogP contribution is 2.25. The molecule has 0 atom stereocenters. The van der Waals surface area contributed by atoms with Crippen LogP contribution in [0.5, 0.6) is 11.5 Å². The van der Waals surface area contributed by atoms with Crippen LogP contribution >= 0.6 is 0 Å². The summed E-state index contributed by atoms with van der Waals surface area (Å²) in [6.45, 7) is 0.454. The van der Waals surface area contributed by atoms with Crippen molar-refractivity contribution in [3.8, 4) is 11.5 Å². The van der Waals surface area contributed by atoms with Crippen LogP contribution in [-0.4, -0.2) is 9.67 Å². The molecule has 3 rings (SSSR count). The minimum Gasteiger partial charge on any atom is -0.508 e. The summed E-state index contributed by atoms with van der Waals surface area (Å²) in [5.41, 5.74) is 8.84. The zero-order chi connectivity index (χ0) is 14.1. The molecule has 0 aliphatic carbocycles. The van der Waals surface area contributed by atoms with E-state index in [-0.39, 0.29) is 5.75 Å². The van der Waals surface area contributed by atoms with E-state index in [1.807, 2.05) is 29.8 Å². The van der Waals surface area contributed by atoms with E-state index in [0.717, 1.165) is 28.0 Å². The van der Waals surface area contributed by atoms with Crippen LogP contribution in [-0.2, 0) is 13.7 Å². The van der Waals surface area contributed by atoms with Gasteiger partial charge in [0.15, 0.2) is 0 Å². The van der Waals surface area contributed by atoms with Gasteiger partial charge in [-0.25, -0.2) is 0 Å². The van der Waals surface area contributed by atoms with Gasteiger partial charge in [-0.15, -0.1) is 0 Å². The molecule has 4 nitrogen and oxygen atoms in total. The quantitative estimate of drug-likeness (QED) is 0.718. The number of ether oxygens (including phenoxy) is 1. The second-order valence-electron chi connectivity index (χ2n) is 4.76. The highest BCUT2D eigenvalue weighted by molar-refractivity contribution is 5.91. The number of benzene rings is 2. The number of fused-ring (bicyclic) bond motifs is 1. The van der Waals surface area contributed by atoms with Gasteiger partial charge in [-0.05, 0) is 36.4 Å². The van der Waals surface area contributed by atoms with E-state index in [9.17, 15) is 5.11 Å². The third-order valence-electron chi connectivity index (χ3n) is 3.41. The van der Waals surface area contributed by atoms with E-state index in [0.29, 0.717) is 6.61 Å². The summed E-state index contributed by atoms with van der Waals surface area (Å²) in [6, 6.07) is 14.7. The predicted molar refractivity (Wildman–Crippen MR) is 79.8 cm³/mol. The molecular weight excluding hydrogens is 252 g/mol. The Morgan fingerprint density at radius 1 is 1.15 bits per heavy atom. The number of nitrogens with zero attached hydrogens (tertiary/aromatic N) is 1. The van der Waals surface area contributed by atoms with Crippen LogP contribution < -0.4 is 10.5 Å². The van der Waals surface area contributed by atoms with Crippen LogP contribution in [0.2, 0.25) is 0 Å². The highest BCUT2D eigenvalue weighted by atomic mass is 16.5. The fourth-order valence-corrected chi connectivity index (χ4v) is 2.34. The van der Waals surface area contributed by atoms with Gasteiger partial charge in [-0.3, -0.25) is 0 Å². The number of aromatic nitrogens is 1. The summed E-state index contributed by atoms with van der Waals surface area (Å²) in [7, 11) is 1.98. The average Bonchev–Trinajstić information content (AvgIpc) is 2.76. The summed E-state index contributed by atoms with van der Waals surface area (Å²) in [6.07, 6.45) is 0. The van der Waals surface area contributed by atoms with Crippen molar-refractivity contribution in [3.05, 3.63) is 54.2 Å². The van der Waals surface area contributed by atoms with Crippen LogP contribution in [0.1, 0.15) is 5.69 Å². The van der Waals surface area contributed by atoms with Gasteiger partial charge in [-0.1, -0.05) is 12.1 Å². The molecule has 0 aliphatic rings. The lowest BCUT2D eigenvalue weighted by Gasteiger charge is -2.08. The largest absolute Gasteiger partial charge is 0.508 e. The Balaban J connectivity index is 1.86. The zero-order valence-corrected chi connectivity index (χ0v) is 11.2. The Bertz CT molecular complexity index is 745. The second kappa shape index (κ2) is 4.81. The van der Waals surface area contributed by atoms with Crippen molar-refractivity contribution in [3.63, 3.8) is 0 Å². The van der Waals surface area contributed by atoms with Crippen LogP contribution in [0.15, 0.2) is 48.5 Å². The molecule has 0 saturated heterocycles. The molecule has 3 N–H and O–H groups in total. The number of anilines is 1. The van der Waals surface area contributed by atoms with Crippen molar-refractivity contribution in [2.45, 2.75) is 6.61 Å². The molecule has 0 spiro atoms. The smallest absolute Gasteiger partial charge is 0.128 e. The molecular formula is C16H16N2O2. The number of rotatable bonds is 3. The fourth-order valence-electron chi connectivity index (χ4n) is 2.34. The predicted octanol–water partition coefficient (Wildman–Crippen LogP) is 3.05. The first-order valence-electron chi connectivity index (χ1n) is 6.40. The first-order valence-corrected chi connectivity index (χ1v) is 6.40. The fraction of sp³-hybridized carbons (Fsp3) is 0.125. The van der Waals surface area contributed by atoms with Gasteiger partial charge in [-0.2, -0.15) is 0 Å². The first kappa shape index (κ1) is 12.4. The molecule has 0 amide bonds. The summed E-state index contributed by atoms with van der Waals surface area (Å²) >= 11 is 0. The van der Waals surface area contributed by atoms with Gasteiger partial charge < -0.3 is 20.1 Å². The lowest BCUT2D eigenvalue weighted by molar-refractivity contribution is 0.297. The molecule has 2 aromatic carbocycles. The van der Waals surface area contributed by atoms with Gasteiger partial charge in [0.1, 0.15) is 18.1 Å². The van der Waals surface area contributed by atoms with E-state index < -0.39 is 0 Å². The zero-order valence-electron chi connectivity index (χ0n) is 11.2. The third-order valence-corrected chi connectivity index (χ3v) is 3.41. The number of hydrogen-bond donors (Lipinski definition) is 2. The standard InChI is InChI=1S/C16H16N2O2/c1-18-12(9-11-3-2-4-15(17)16(11)18)10-20-14-7-5-13(19)6-8-14/h2-9,19H,10,17H2,1H3. The maximum atomic E-state index is 9.24. The molecule has 0 unspecified atom stereocenters. The number of nitrogens with two attached hydrogens (primary N) is 1. The van der Waals surface area contributed by atoms with Gasteiger partial charge in [0.25, 0.3) is 0 Å². The Kier molecular flexibility index (Phi) is 2.99. The van der Waals surface area contributed by atoms with Gasteiger partial charge >= 0.3 is 0 Å². The number of nitrogen functional groups attached to an aromatic ring is 1. The second-order valence-corrected chi connectivity index (χ2v) is 4.76. The van der Waals surface area contributed by atoms with Crippen LogP contribution in [0.3, 0.4) is 0 Å². The Hall–Kier alpha value is -2.62. The number of para-hydroxylation sites is 1. The third kappa shape index (κ3) is 2.16. The minimum atomic E-state index is 0.231. The van der Waals surface area contributed by atoms with Crippen molar-refractivity contribution < 1.29 is 9.84 Å². The average molecular weight is 268 g/mol. The Morgan fingerprint density at radius 3 is 2.60 bits per heavy atom. The molecule has 0 radical (unpaired) electrons. The van der Waals surface area contributed by atoms with Crippen molar-refractivity contribution in [1.82, 2.24) is 4.57 Å². The maximum Gasteiger partial charge on any atom is 0.128 e. The van der Waals surface area contributed by atoms with Crippen molar-refractivity contribution in [2.75, 3.05) is 5.73 Å². The lowest BCUT2D eigenvalue weighted by Crippen LogP contribution is -2.02. The van der Waals surface area contributed by atoms with Gasteiger partial charge in [0, 0.05) is 12.4 Å². The van der Waals surface area contributed by atoms with E-state index in [1.54, 1.807) is 24.3 Å². The Labute approximate surface area is 117 Å². The van der Waals surface area contributed by atoms with Crippen molar-refractivity contribution in [1.29, 1.82) is 0 Å². The molecule has 102 valence electrons. The molecule has 0 aliphatic heterocycles. The molecule has 20 heavy (non-hydrogen) atoms. The van der Waals surface area contributed by atoms with E-state index >= 15 is 0 Å². The minimum absolute atomic E-state index is 0.231. The summed E-state index contributed by atoms with van der Waals surface area (Å²) in [5.74, 6) is 0.954. The number of aromatic hydroxyl groups is 1. The Morgan fingerprint density at radius 2 is 1.90 bits per heavy atom. The van der Waals surface area contributed by atoms with Crippen LogP contribution in [0, 0.1) is 0 Å². The number of hydrogen-bond acceptors (Lipinski definition) is 3. The first-order chi connectivity index (χ1) is 9.65. The van der Waals surface area contributed by atoms with Gasteiger partial charge in [0.05, 0.1) is 16.9 Å². The summed E-state index contributed by atoms with van der Waals surface area (Å²) < 4.78 is 7.77. The normalized spacial score (nSPS) is 10.8. The van der Waals surface area contributed by atoms with E-state index in [1.165, 1.54) is 0 Å². The lowest BCUT2D eigenvalue weighted by atomic mass is 10.2. The maximum absolute atomic E-state index is 9.24.